The van der Waals surface area contributed by atoms with Crippen LogP contribution in [0.3, 0.4) is 0 Å². The number of rotatable bonds is 7. The van der Waals surface area contributed by atoms with E-state index in [9.17, 15) is 9.18 Å². The molecule has 2 aromatic carbocycles. The zero-order valence-corrected chi connectivity index (χ0v) is 13.7. The van der Waals surface area contributed by atoms with Gasteiger partial charge in [-0.2, -0.15) is 0 Å². The summed E-state index contributed by atoms with van der Waals surface area (Å²) in [5.41, 5.74) is 1.68. The molecule has 1 N–H and O–H groups in total. The van der Waals surface area contributed by atoms with Crippen LogP contribution in [0.1, 0.15) is 18.4 Å². The van der Waals surface area contributed by atoms with E-state index in [2.05, 4.69) is 10.2 Å². The molecular weight excluding hydrogens is 307 g/mol. The number of hydrogen-bond donors (Lipinski definition) is 1. The molecule has 1 fully saturated rings. The molecule has 0 saturated heterocycles. The van der Waals surface area contributed by atoms with Gasteiger partial charge in [-0.1, -0.05) is 24.3 Å². The predicted octanol–water partition coefficient (Wildman–Crippen LogP) is 3.44. The fourth-order valence-corrected chi connectivity index (χ4v) is 2.70. The van der Waals surface area contributed by atoms with Gasteiger partial charge in [0.25, 0.3) is 0 Å². The van der Waals surface area contributed by atoms with Crippen LogP contribution in [0.25, 0.3) is 0 Å². The molecule has 1 saturated carbocycles. The lowest BCUT2D eigenvalue weighted by Gasteiger charge is -2.22. The number of ether oxygens (including phenoxy) is 1. The van der Waals surface area contributed by atoms with E-state index in [-0.39, 0.29) is 11.7 Å². The number of nitrogens with one attached hydrogen (secondary N) is 1. The highest BCUT2D eigenvalue weighted by molar-refractivity contribution is 5.93. The Kier molecular flexibility index (Phi) is 5.11. The summed E-state index contributed by atoms with van der Waals surface area (Å²) in [5.74, 6) is 0.321. The standard InChI is InChI=1S/C19H21FN2O2/c1-24-18-5-3-2-4-17(18)21-19(23)13-22(16-10-11-16)12-14-6-8-15(20)9-7-14/h2-9,16H,10-13H2,1H3,(H,21,23). The van der Waals surface area contributed by atoms with Gasteiger partial charge in [-0.05, 0) is 42.7 Å². The molecule has 24 heavy (non-hydrogen) atoms. The summed E-state index contributed by atoms with van der Waals surface area (Å²) < 4.78 is 18.3. The molecule has 4 nitrogen and oxygen atoms in total. The average Bonchev–Trinajstić information content (AvgIpc) is 3.42. The van der Waals surface area contributed by atoms with E-state index >= 15 is 0 Å². The number of nitrogens with zero attached hydrogens (tertiary/aromatic N) is 1. The highest BCUT2D eigenvalue weighted by atomic mass is 19.1. The zero-order chi connectivity index (χ0) is 16.9. The maximum atomic E-state index is 13.0. The first-order valence-corrected chi connectivity index (χ1v) is 8.07. The van der Waals surface area contributed by atoms with Crippen LogP contribution in [0, 0.1) is 5.82 Å². The molecule has 0 unspecified atom stereocenters. The number of methoxy groups -OCH3 is 1. The summed E-state index contributed by atoms with van der Waals surface area (Å²) >= 11 is 0. The number of benzene rings is 2. The van der Waals surface area contributed by atoms with Gasteiger partial charge in [0, 0.05) is 12.6 Å². The lowest BCUT2D eigenvalue weighted by atomic mass is 10.2. The zero-order valence-electron chi connectivity index (χ0n) is 13.7. The van der Waals surface area contributed by atoms with Crippen LogP contribution in [-0.4, -0.2) is 30.5 Å². The van der Waals surface area contributed by atoms with Crippen molar-refractivity contribution in [1.29, 1.82) is 0 Å². The Balaban J connectivity index is 1.63. The summed E-state index contributed by atoms with van der Waals surface area (Å²) in [6, 6.07) is 14.2. The molecule has 0 spiro atoms. The molecule has 3 rings (SSSR count). The normalized spacial score (nSPS) is 13.8. The molecule has 1 aliphatic carbocycles. The Morgan fingerprint density at radius 3 is 2.58 bits per heavy atom. The first-order valence-electron chi connectivity index (χ1n) is 8.07. The number of carbonyl (C=O) groups is 1. The van der Waals surface area contributed by atoms with E-state index in [4.69, 9.17) is 4.74 Å². The van der Waals surface area contributed by atoms with E-state index in [0.29, 0.717) is 30.6 Å². The second-order valence-corrected chi connectivity index (χ2v) is 6.01. The average molecular weight is 328 g/mol. The van der Waals surface area contributed by atoms with Crippen LogP contribution in [-0.2, 0) is 11.3 Å². The lowest BCUT2D eigenvalue weighted by molar-refractivity contribution is -0.117. The van der Waals surface area contributed by atoms with E-state index in [1.807, 2.05) is 24.3 Å². The van der Waals surface area contributed by atoms with Crippen molar-refractivity contribution in [3.8, 4) is 5.75 Å². The smallest absolute Gasteiger partial charge is 0.238 e. The summed E-state index contributed by atoms with van der Waals surface area (Å²) in [7, 11) is 1.58. The van der Waals surface area contributed by atoms with Crippen LogP contribution in [0.5, 0.6) is 5.75 Å². The Bertz CT molecular complexity index is 699. The van der Waals surface area contributed by atoms with E-state index in [1.165, 1.54) is 12.1 Å². The maximum absolute atomic E-state index is 13.0. The largest absolute Gasteiger partial charge is 0.495 e. The monoisotopic (exact) mass is 328 g/mol. The predicted molar refractivity (Wildman–Crippen MR) is 91.5 cm³/mol. The summed E-state index contributed by atoms with van der Waals surface area (Å²) in [5, 5.41) is 2.90. The van der Waals surface area contributed by atoms with Crippen molar-refractivity contribution in [1.82, 2.24) is 4.90 Å². The van der Waals surface area contributed by atoms with Gasteiger partial charge < -0.3 is 10.1 Å². The minimum atomic E-state index is -0.245. The van der Waals surface area contributed by atoms with Gasteiger partial charge in [0.2, 0.25) is 5.91 Å². The van der Waals surface area contributed by atoms with Crippen LogP contribution in [0.2, 0.25) is 0 Å². The third-order valence-corrected chi connectivity index (χ3v) is 4.09. The second-order valence-electron chi connectivity index (χ2n) is 6.01. The molecule has 5 heteroatoms. The first-order chi connectivity index (χ1) is 11.7. The van der Waals surface area contributed by atoms with Crippen LogP contribution < -0.4 is 10.1 Å². The van der Waals surface area contributed by atoms with Gasteiger partial charge in [0.1, 0.15) is 11.6 Å². The van der Waals surface area contributed by atoms with Crippen molar-refractivity contribution in [2.45, 2.75) is 25.4 Å². The van der Waals surface area contributed by atoms with Crippen LogP contribution >= 0.6 is 0 Å². The van der Waals surface area contributed by atoms with Crippen molar-refractivity contribution < 1.29 is 13.9 Å². The summed E-state index contributed by atoms with van der Waals surface area (Å²) in [4.78, 5) is 14.5. The topological polar surface area (TPSA) is 41.6 Å². The van der Waals surface area contributed by atoms with Crippen molar-refractivity contribution in [2.75, 3.05) is 19.0 Å². The highest BCUT2D eigenvalue weighted by Gasteiger charge is 2.30. The minimum absolute atomic E-state index is 0.0755. The maximum Gasteiger partial charge on any atom is 0.238 e. The second kappa shape index (κ2) is 7.45. The minimum Gasteiger partial charge on any atom is -0.495 e. The Labute approximate surface area is 141 Å². The quantitative estimate of drug-likeness (QED) is 0.846. The van der Waals surface area contributed by atoms with E-state index < -0.39 is 0 Å². The molecule has 0 atom stereocenters. The Hall–Kier alpha value is -2.40. The van der Waals surface area contributed by atoms with Gasteiger partial charge in [0.15, 0.2) is 0 Å². The van der Waals surface area contributed by atoms with Gasteiger partial charge in [-0.15, -0.1) is 0 Å². The number of para-hydroxylation sites is 2. The van der Waals surface area contributed by atoms with Crippen molar-refractivity contribution in [3.05, 3.63) is 59.9 Å². The molecule has 1 aliphatic rings. The molecule has 0 radical (unpaired) electrons. The fourth-order valence-electron chi connectivity index (χ4n) is 2.70. The van der Waals surface area contributed by atoms with Crippen LogP contribution in [0.15, 0.2) is 48.5 Å². The van der Waals surface area contributed by atoms with Gasteiger partial charge in [0.05, 0.1) is 19.3 Å². The summed E-state index contributed by atoms with van der Waals surface area (Å²) in [6.07, 6.45) is 2.20. The molecular formula is C19H21FN2O2. The van der Waals surface area contributed by atoms with Crippen molar-refractivity contribution >= 4 is 11.6 Å². The van der Waals surface area contributed by atoms with E-state index in [0.717, 1.165) is 18.4 Å². The molecule has 0 aliphatic heterocycles. The Morgan fingerprint density at radius 1 is 1.21 bits per heavy atom. The Morgan fingerprint density at radius 2 is 1.92 bits per heavy atom. The SMILES string of the molecule is COc1ccccc1NC(=O)CN(Cc1ccc(F)cc1)C1CC1. The lowest BCUT2D eigenvalue weighted by Crippen LogP contribution is -2.34. The molecule has 1 amide bonds. The molecule has 0 heterocycles. The number of carbonyl (C=O) groups excluding carboxylic acids is 1. The van der Waals surface area contributed by atoms with Gasteiger partial charge >= 0.3 is 0 Å². The molecule has 0 bridgehead atoms. The van der Waals surface area contributed by atoms with Crippen molar-refractivity contribution in [2.24, 2.45) is 0 Å². The molecule has 0 aromatic heterocycles. The summed E-state index contributed by atoms with van der Waals surface area (Å²) in [6.45, 7) is 0.949. The third-order valence-electron chi connectivity index (χ3n) is 4.09. The highest BCUT2D eigenvalue weighted by Crippen LogP contribution is 2.29. The third kappa shape index (κ3) is 4.32. The number of amides is 1. The molecule has 126 valence electrons. The van der Waals surface area contributed by atoms with E-state index in [1.54, 1.807) is 19.2 Å². The van der Waals surface area contributed by atoms with Gasteiger partial charge in [-0.3, -0.25) is 9.69 Å². The number of halogens is 1. The number of hydrogen-bond acceptors (Lipinski definition) is 3. The molecule has 2 aromatic rings. The van der Waals surface area contributed by atoms with Crippen LogP contribution in [0.4, 0.5) is 10.1 Å². The van der Waals surface area contributed by atoms with Crippen molar-refractivity contribution in [3.63, 3.8) is 0 Å². The first kappa shape index (κ1) is 16.5. The van der Waals surface area contributed by atoms with Gasteiger partial charge in [-0.25, -0.2) is 4.39 Å². The number of anilines is 1. The fraction of sp³-hybridized carbons (Fsp3) is 0.316.